The highest BCUT2D eigenvalue weighted by Crippen LogP contribution is 2.30. The Morgan fingerprint density at radius 2 is 1.89 bits per heavy atom. The number of imide groups is 1. The molecule has 2 saturated heterocycles. The number of aliphatic imine (C=N–C) groups is 1. The normalized spacial score (nSPS) is 19.5. The summed E-state index contributed by atoms with van der Waals surface area (Å²) in [5.41, 5.74) is 10.1. The van der Waals surface area contributed by atoms with Gasteiger partial charge in [0.15, 0.2) is 0 Å². The Morgan fingerprint density at radius 3 is 2.66 bits per heavy atom. The summed E-state index contributed by atoms with van der Waals surface area (Å²) in [6.07, 6.45) is 7.14. The smallest absolute Gasteiger partial charge is 0.255 e. The number of benzene rings is 2. The molecule has 226 valence electrons. The minimum atomic E-state index is -0.664. The number of aromatic nitrogens is 2. The minimum Gasteiger partial charge on any atom is -0.493 e. The van der Waals surface area contributed by atoms with Crippen LogP contribution in [0.25, 0.3) is 16.6 Å². The molecule has 1 unspecified atom stereocenters. The number of hydrogen-bond donors (Lipinski definition) is 2. The van der Waals surface area contributed by atoms with Gasteiger partial charge in [0.2, 0.25) is 17.7 Å². The number of nitrogens with zero attached hydrogens (tertiary/aromatic N) is 5. The van der Waals surface area contributed by atoms with E-state index in [-0.39, 0.29) is 49.8 Å². The first-order valence-electron chi connectivity index (χ1n) is 14.7. The molecule has 0 spiro atoms. The number of allylic oxidation sites excluding steroid dienone is 1. The molecular formula is C32H33N7O5. The maximum Gasteiger partial charge on any atom is 0.255 e. The molecule has 0 radical (unpaired) electrons. The Hall–Kier alpha value is -5.13. The van der Waals surface area contributed by atoms with Crippen LogP contribution in [0.15, 0.2) is 59.9 Å². The predicted octanol–water partition coefficient (Wildman–Crippen LogP) is 2.22. The molecule has 3 aliphatic heterocycles. The number of para-hydroxylation sites is 2. The Balaban J connectivity index is 0.959. The molecule has 44 heavy (non-hydrogen) atoms. The molecule has 2 fully saturated rings. The number of carbonyl (C=O) groups is 4. The summed E-state index contributed by atoms with van der Waals surface area (Å²) < 4.78 is 5.86. The van der Waals surface area contributed by atoms with Crippen LogP contribution in [0.3, 0.4) is 0 Å². The summed E-state index contributed by atoms with van der Waals surface area (Å²) in [5, 5.41) is 2.31. The van der Waals surface area contributed by atoms with Gasteiger partial charge in [-0.25, -0.2) is 4.98 Å². The molecule has 4 heterocycles. The molecule has 12 nitrogen and oxygen atoms in total. The Labute approximate surface area is 254 Å². The molecule has 3 N–H and O–H groups in total. The molecule has 12 heteroatoms. The van der Waals surface area contributed by atoms with Gasteiger partial charge in [0.25, 0.3) is 5.91 Å². The molecule has 1 atom stereocenters. The lowest BCUT2D eigenvalue weighted by molar-refractivity contribution is -0.137. The molecule has 3 aliphatic rings. The lowest BCUT2D eigenvalue weighted by Gasteiger charge is -2.30. The maximum absolute atomic E-state index is 12.9. The third kappa shape index (κ3) is 6.14. The van der Waals surface area contributed by atoms with E-state index in [0.29, 0.717) is 42.1 Å². The van der Waals surface area contributed by atoms with Crippen LogP contribution in [-0.2, 0) is 20.9 Å². The van der Waals surface area contributed by atoms with Crippen LogP contribution in [-0.4, -0.2) is 81.4 Å². The van der Waals surface area contributed by atoms with Crippen LogP contribution >= 0.6 is 0 Å². The van der Waals surface area contributed by atoms with Crippen LogP contribution in [0, 0.1) is 0 Å². The van der Waals surface area contributed by atoms with Crippen LogP contribution in [0.1, 0.15) is 53.7 Å². The van der Waals surface area contributed by atoms with E-state index >= 15 is 0 Å². The summed E-state index contributed by atoms with van der Waals surface area (Å²) in [6.45, 7) is 1.69. The standard InChI is InChI=1S/C32H33N7O5/c33-16-21(27-18-35-25-3-1-2-4-26(25)36-27)17-34-22-9-12-38(13-10-22)30(41)11-14-44-23-5-6-24-20(15-23)19-39(32(24)43)28-7-8-29(40)37-31(28)42/h1-6,15-18,22,28H,7-14,19,33H2,(H,37,40,42). The zero-order valence-electron chi connectivity index (χ0n) is 24.1. The average Bonchev–Trinajstić information content (AvgIpc) is 3.36. The summed E-state index contributed by atoms with van der Waals surface area (Å²) in [6, 6.07) is 12.2. The zero-order valence-corrected chi connectivity index (χ0v) is 24.1. The summed E-state index contributed by atoms with van der Waals surface area (Å²) >= 11 is 0. The number of nitrogens with one attached hydrogen (secondary N) is 1. The molecule has 0 aliphatic carbocycles. The summed E-state index contributed by atoms with van der Waals surface area (Å²) in [4.78, 5) is 66.6. The number of amides is 4. The second-order valence-electron chi connectivity index (χ2n) is 11.1. The highest BCUT2D eigenvalue weighted by atomic mass is 16.5. The van der Waals surface area contributed by atoms with E-state index < -0.39 is 11.9 Å². The lowest BCUT2D eigenvalue weighted by atomic mass is 10.0. The molecule has 3 aromatic rings. The second kappa shape index (κ2) is 12.6. The number of fused-ring (bicyclic) bond motifs is 2. The first-order chi connectivity index (χ1) is 21.4. The molecular weight excluding hydrogens is 562 g/mol. The van der Waals surface area contributed by atoms with Crippen molar-refractivity contribution >= 4 is 46.4 Å². The minimum absolute atomic E-state index is 0.0155. The number of nitrogens with two attached hydrogens (primary N) is 1. The topological polar surface area (TPSA) is 160 Å². The number of likely N-dealkylation sites (tertiary alicyclic amines) is 1. The van der Waals surface area contributed by atoms with Gasteiger partial charge in [0.1, 0.15) is 11.8 Å². The molecule has 2 aromatic carbocycles. The first kappa shape index (κ1) is 29.0. The molecule has 6 rings (SSSR count). The largest absolute Gasteiger partial charge is 0.493 e. The quantitative estimate of drug-likeness (QED) is 0.296. The van der Waals surface area contributed by atoms with Crippen molar-refractivity contribution in [2.45, 2.75) is 50.7 Å². The fourth-order valence-corrected chi connectivity index (χ4v) is 5.80. The molecule has 0 saturated carbocycles. The van der Waals surface area contributed by atoms with E-state index in [0.717, 1.165) is 29.4 Å². The van der Waals surface area contributed by atoms with E-state index in [1.807, 2.05) is 29.2 Å². The number of piperidine rings is 2. The summed E-state index contributed by atoms with van der Waals surface area (Å²) in [5.74, 6) is -0.424. The summed E-state index contributed by atoms with van der Waals surface area (Å²) in [7, 11) is 0. The van der Waals surface area contributed by atoms with Gasteiger partial charge in [-0.2, -0.15) is 0 Å². The van der Waals surface area contributed by atoms with Crippen molar-refractivity contribution in [2.75, 3.05) is 19.7 Å². The van der Waals surface area contributed by atoms with Crippen molar-refractivity contribution < 1.29 is 23.9 Å². The van der Waals surface area contributed by atoms with Gasteiger partial charge < -0.3 is 20.3 Å². The Morgan fingerprint density at radius 1 is 1.09 bits per heavy atom. The van der Waals surface area contributed by atoms with Crippen molar-refractivity contribution in [3.05, 3.63) is 71.7 Å². The van der Waals surface area contributed by atoms with Gasteiger partial charge >= 0.3 is 0 Å². The zero-order chi connectivity index (χ0) is 30.6. The fourth-order valence-electron chi connectivity index (χ4n) is 5.80. The monoisotopic (exact) mass is 595 g/mol. The Bertz CT molecular complexity index is 1680. The van der Waals surface area contributed by atoms with E-state index in [1.165, 1.54) is 11.1 Å². The van der Waals surface area contributed by atoms with Crippen molar-refractivity contribution in [2.24, 2.45) is 10.7 Å². The number of rotatable bonds is 8. The average molecular weight is 596 g/mol. The maximum atomic E-state index is 12.9. The fraction of sp³-hybridized carbons (Fsp3) is 0.344. The second-order valence-corrected chi connectivity index (χ2v) is 11.1. The highest BCUT2D eigenvalue weighted by Gasteiger charge is 2.39. The number of ether oxygens (including phenoxy) is 1. The van der Waals surface area contributed by atoms with Crippen molar-refractivity contribution in [1.82, 2.24) is 25.1 Å². The van der Waals surface area contributed by atoms with Gasteiger partial charge in [-0.15, -0.1) is 0 Å². The third-order valence-corrected chi connectivity index (χ3v) is 8.25. The van der Waals surface area contributed by atoms with Gasteiger partial charge in [0, 0.05) is 49.6 Å². The SMILES string of the molecule is NC=C(C=NC1CCN(C(=O)CCOc2ccc3c(c2)CN(C2CCC(=O)NC2=O)C3=O)CC1)c1cnc2ccccc2n1. The van der Waals surface area contributed by atoms with Crippen molar-refractivity contribution in [3.8, 4) is 5.75 Å². The predicted molar refractivity (Wildman–Crippen MR) is 162 cm³/mol. The van der Waals surface area contributed by atoms with Crippen molar-refractivity contribution in [1.29, 1.82) is 0 Å². The van der Waals surface area contributed by atoms with E-state index in [9.17, 15) is 19.2 Å². The lowest BCUT2D eigenvalue weighted by Crippen LogP contribution is -2.52. The molecule has 1 aromatic heterocycles. The van der Waals surface area contributed by atoms with Gasteiger partial charge in [-0.1, -0.05) is 12.1 Å². The first-order valence-corrected chi connectivity index (χ1v) is 14.7. The van der Waals surface area contributed by atoms with E-state index in [1.54, 1.807) is 30.6 Å². The van der Waals surface area contributed by atoms with E-state index in [4.69, 9.17) is 15.5 Å². The van der Waals surface area contributed by atoms with Crippen LogP contribution in [0.2, 0.25) is 0 Å². The van der Waals surface area contributed by atoms with Crippen LogP contribution in [0.4, 0.5) is 0 Å². The Kier molecular flexibility index (Phi) is 8.31. The highest BCUT2D eigenvalue weighted by molar-refractivity contribution is 6.09. The number of carbonyl (C=O) groups excluding carboxylic acids is 4. The molecule has 0 bridgehead atoms. The van der Waals surface area contributed by atoms with Gasteiger partial charge in [0.05, 0.1) is 42.0 Å². The number of hydrogen-bond acceptors (Lipinski definition) is 9. The van der Waals surface area contributed by atoms with Crippen LogP contribution < -0.4 is 15.8 Å². The van der Waals surface area contributed by atoms with Gasteiger partial charge in [-0.05, 0) is 55.2 Å². The van der Waals surface area contributed by atoms with Crippen molar-refractivity contribution in [3.63, 3.8) is 0 Å². The van der Waals surface area contributed by atoms with Crippen LogP contribution in [0.5, 0.6) is 5.75 Å². The molecule has 4 amide bonds. The van der Waals surface area contributed by atoms with Gasteiger partial charge in [-0.3, -0.25) is 34.5 Å². The third-order valence-electron chi connectivity index (χ3n) is 8.25. The van der Waals surface area contributed by atoms with E-state index in [2.05, 4.69) is 15.3 Å².